The van der Waals surface area contributed by atoms with E-state index in [1.54, 1.807) is 19.5 Å². The zero-order valence-electron chi connectivity index (χ0n) is 20.7. The molecule has 8 heteroatoms. The van der Waals surface area contributed by atoms with E-state index in [9.17, 15) is 4.21 Å². The fraction of sp³-hybridized carbons (Fsp3) is 0.250. The van der Waals surface area contributed by atoms with Crippen LogP contribution in [0.1, 0.15) is 31.5 Å². The lowest BCUT2D eigenvalue weighted by Gasteiger charge is -2.31. The Labute approximate surface area is 213 Å². The number of hydrogen-bond donors (Lipinski definition) is 2. The molecule has 5 aromatic rings. The van der Waals surface area contributed by atoms with E-state index in [4.69, 9.17) is 15.7 Å². The Morgan fingerprint density at radius 1 is 1.03 bits per heavy atom. The van der Waals surface area contributed by atoms with Crippen LogP contribution in [0.3, 0.4) is 0 Å². The van der Waals surface area contributed by atoms with E-state index in [1.165, 1.54) is 12.8 Å². The summed E-state index contributed by atoms with van der Waals surface area (Å²) < 4.78 is 14.4. The van der Waals surface area contributed by atoms with E-state index in [0.29, 0.717) is 11.7 Å². The normalized spacial score (nSPS) is 17.9. The first-order chi connectivity index (χ1) is 17.4. The largest absolute Gasteiger partial charge is 0.382 e. The molecule has 1 fully saturated rings. The van der Waals surface area contributed by atoms with Gasteiger partial charge in [-0.05, 0) is 37.9 Å². The summed E-state index contributed by atoms with van der Waals surface area (Å²) in [5, 5.41) is 1.10. The molecule has 184 valence electrons. The van der Waals surface area contributed by atoms with Crippen LogP contribution in [0.4, 0.5) is 5.82 Å². The van der Waals surface area contributed by atoms with Crippen LogP contribution in [0, 0.1) is 5.92 Å². The monoisotopic (exact) mass is 498 g/mol. The second kappa shape index (κ2) is 10.2. The van der Waals surface area contributed by atoms with Gasteiger partial charge in [-0.15, -0.1) is 0 Å². The average molecular weight is 499 g/mol. The third-order valence-electron chi connectivity index (χ3n) is 6.67. The maximum atomic E-state index is 9.81. The number of imidazole rings is 1. The SMILES string of the molecule is CC1CC(c2nc(-c3ccc4ccc(-c5ccccc5)nc4c3)c3c(N)nccn23)C1.CNS(C)=O. The van der Waals surface area contributed by atoms with Crippen molar-refractivity contribution in [3.05, 3.63) is 78.9 Å². The lowest BCUT2D eigenvalue weighted by molar-refractivity contribution is 0.277. The van der Waals surface area contributed by atoms with Gasteiger partial charge in [-0.25, -0.2) is 23.9 Å². The number of aromatic nitrogens is 4. The molecule has 3 N–H and O–H groups in total. The molecule has 0 spiro atoms. The van der Waals surface area contributed by atoms with E-state index < -0.39 is 11.0 Å². The van der Waals surface area contributed by atoms with Gasteiger partial charge in [-0.3, -0.25) is 4.40 Å². The van der Waals surface area contributed by atoms with Crippen LogP contribution in [0.25, 0.3) is 38.9 Å². The van der Waals surface area contributed by atoms with Crippen LogP contribution in [0.2, 0.25) is 0 Å². The van der Waals surface area contributed by atoms with Crippen molar-refractivity contribution < 1.29 is 4.21 Å². The van der Waals surface area contributed by atoms with Crippen molar-refractivity contribution in [3.63, 3.8) is 0 Å². The minimum absolute atomic E-state index is 0.473. The molecule has 7 nitrogen and oxygen atoms in total. The summed E-state index contributed by atoms with van der Waals surface area (Å²) >= 11 is 0. The van der Waals surface area contributed by atoms with Crippen LogP contribution in [-0.4, -0.2) is 36.9 Å². The quantitative estimate of drug-likeness (QED) is 0.355. The fourth-order valence-electron chi connectivity index (χ4n) is 4.72. The Morgan fingerprint density at radius 3 is 2.44 bits per heavy atom. The second-order valence-corrected chi connectivity index (χ2v) is 10.6. The third-order valence-corrected chi connectivity index (χ3v) is 7.25. The highest BCUT2D eigenvalue weighted by Crippen LogP contribution is 2.42. The van der Waals surface area contributed by atoms with Crippen LogP contribution in [0.15, 0.2) is 73.1 Å². The zero-order valence-corrected chi connectivity index (χ0v) is 21.5. The van der Waals surface area contributed by atoms with E-state index in [1.807, 2.05) is 24.4 Å². The lowest BCUT2D eigenvalue weighted by atomic mass is 9.76. The Hall–Kier alpha value is -3.62. The summed E-state index contributed by atoms with van der Waals surface area (Å²) in [6, 6.07) is 20.8. The number of anilines is 1. The number of hydrogen-bond acceptors (Lipinski definition) is 5. The van der Waals surface area contributed by atoms with E-state index in [0.717, 1.165) is 50.7 Å². The van der Waals surface area contributed by atoms with Gasteiger partial charge in [0.05, 0.1) is 22.2 Å². The molecule has 0 aliphatic heterocycles. The second-order valence-electron chi connectivity index (χ2n) is 9.25. The van der Waals surface area contributed by atoms with Crippen molar-refractivity contribution in [1.29, 1.82) is 0 Å². The molecule has 2 aromatic carbocycles. The van der Waals surface area contributed by atoms with Gasteiger partial charge < -0.3 is 5.73 Å². The molecule has 1 unspecified atom stereocenters. The highest BCUT2D eigenvalue weighted by molar-refractivity contribution is 7.82. The van der Waals surface area contributed by atoms with Crippen molar-refractivity contribution in [3.8, 4) is 22.5 Å². The Bertz CT molecular complexity index is 1540. The topological polar surface area (TPSA) is 98.2 Å². The van der Waals surface area contributed by atoms with Crippen molar-refractivity contribution >= 4 is 33.2 Å². The van der Waals surface area contributed by atoms with Crippen molar-refractivity contribution in [2.24, 2.45) is 5.92 Å². The molecule has 0 amide bonds. The van der Waals surface area contributed by atoms with Crippen molar-refractivity contribution in [2.75, 3.05) is 19.0 Å². The van der Waals surface area contributed by atoms with Crippen LogP contribution >= 0.6 is 0 Å². The predicted octanol–water partition coefficient (Wildman–Crippen LogP) is 5.21. The molecular weight excluding hydrogens is 468 g/mol. The first-order valence-electron chi connectivity index (χ1n) is 12.0. The average Bonchev–Trinajstić information content (AvgIpc) is 3.27. The van der Waals surface area contributed by atoms with E-state index >= 15 is 0 Å². The molecule has 0 saturated heterocycles. The predicted molar refractivity (Wildman–Crippen MR) is 148 cm³/mol. The van der Waals surface area contributed by atoms with Gasteiger partial charge in [0.2, 0.25) is 0 Å². The van der Waals surface area contributed by atoms with E-state index in [2.05, 4.69) is 63.5 Å². The molecule has 1 saturated carbocycles. The summed E-state index contributed by atoms with van der Waals surface area (Å²) in [6.45, 7) is 2.29. The van der Waals surface area contributed by atoms with Crippen LogP contribution in [0.5, 0.6) is 0 Å². The Balaban J connectivity index is 0.000000489. The number of rotatable bonds is 4. The number of nitrogen functional groups attached to an aromatic ring is 1. The Kier molecular flexibility index (Phi) is 6.80. The number of fused-ring (bicyclic) bond motifs is 2. The number of nitrogens with zero attached hydrogens (tertiary/aromatic N) is 4. The highest BCUT2D eigenvalue weighted by atomic mass is 32.2. The van der Waals surface area contributed by atoms with Crippen molar-refractivity contribution in [2.45, 2.75) is 25.7 Å². The molecular formula is C28H30N6OS. The van der Waals surface area contributed by atoms with Gasteiger partial charge in [0, 0.05) is 41.1 Å². The van der Waals surface area contributed by atoms with Gasteiger partial charge in [0.25, 0.3) is 0 Å². The zero-order chi connectivity index (χ0) is 25.2. The van der Waals surface area contributed by atoms with E-state index in [-0.39, 0.29) is 0 Å². The molecule has 1 atom stereocenters. The van der Waals surface area contributed by atoms with Gasteiger partial charge >= 0.3 is 0 Å². The van der Waals surface area contributed by atoms with Gasteiger partial charge in [-0.2, -0.15) is 0 Å². The summed E-state index contributed by atoms with van der Waals surface area (Å²) in [5.41, 5.74) is 12.1. The summed E-state index contributed by atoms with van der Waals surface area (Å²) in [4.78, 5) is 14.4. The molecule has 6 rings (SSSR count). The molecule has 3 heterocycles. The summed E-state index contributed by atoms with van der Waals surface area (Å²) in [7, 11) is 0.826. The smallest absolute Gasteiger partial charge is 0.150 e. The highest BCUT2D eigenvalue weighted by Gasteiger charge is 2.31. The number of nitrogens with two attached hydrogens (primary N) is 1. The lowest BCUT2D eigenvalue weighted by Crippen LogP contribution is -2.21. The number of benzene rings is 2. The van der Waals surface area contributed by atoms with Gasteiger partial charge in [0.1, 0.15) is 22.9 Å². The first-order valence-corrected chi connectivity index (χ1v) is 13.6. The summed E-state index contributed by atoms with van der Waals surface area (Å²) in [5.74, 6) is 2.82. The van der Waals surface area contributed by atoms with Gasteiger partial charge in [0.15, 0.2) is 0 Å². The maximum absolute atomic E-state index is 9.81. The first kappa shape index (κ1) is 24.1. The number of nitrogens with one attached hydrogen (secondary N) is 1. The van der Waals surface area contributed by atoms with Gasteiger partial charge in [-0.1, -0.05) is 55.5 Å². The number of pyridine rings is 1. The third kappa shape index (κ3) is 4.74. The maximum Gasteiger partial charge on any atom is 0.150 e. The van der Waals surface area contributed by atoms with Crippen LogP contribution in [-0.2, 0) is 11.0 Å². The summed E-state index contributed by atoms with van der Waals surface area (Å²) in [6.07, 6.45) is 7.65. The molecule has 0 radical (unpaired) electrons. The van der Waals surface area contributed by atoms with Crippen LogP contribution < -0.4 is 10.5 Å². The molecule has 0 bridgehead atoms. The minimum Gasteiger partial charge on any atom is -0.382 e. The molecule has 3 aromatic heterocycles. The van der Waals surface area contributed by atoms with Crippen molar-refractivity contribution in [1.82, 2.24) is 24.1 Å². The molecule has 36 heavy (non-hydrogen) atoms. The fourth-order valence-corrected chi connectivity index (χ4v) is 4.72. The minimum atomic E-state index is -0.823. The molecule has 1 aliphatic rings. The molecule has 1 aliphatic carbocycles. The Morgan fingerprint density at radius 2 is 1.75 bits per heavy atom. The standard InChI is InChI=1S/C26H23N5.C2H7NOS/c1-16-13-20(14-16)26-30-23(24-25(27)28-11-12-31(24)26)19-8-7-18-9-10-21(29-22(18)15-19)17-5-3-2-4-6-17;1-3-5(2)4/h2-12,15-16,20H,13-14H2,1H3,(H2,27,28);3H,1-2H3.